The number of nitrogens with zero attached hydrogens (tertiary/aromatic N) is 10. The maximum absolute atomic E-state index is 13.5. The summed E-state index contributed by atoms with van der Waals surface area (Å²) in [6.45, 7) is 1.03. The van der Waals surface area contributed by atoms with Crippen molar-refractivity contribution in [2.45, 2.75) is 41.2 Å². The normalized spacial score (nSPS) is 13.0. The second-order valence-electron chi connectivity index (χ2n) is 21.2. The van der Waals surface area contributed by atoms with Crippen molar-refractivity contribution in [2.24, 2.45) is 51.1 Å². The standard InChI is InChI=1S/C56H43N12O30PS7/c1-23(69)58-37-21-39(43(94-3)22-38(37)61-64-41-16-28(102(79,80)81)11-25-12-29(103(82,83)84)17-42(70)48(25)41)62-68-52-47(105(88,89)90)20-34-31(54(52)72)8-10-36(56(34)106(91,92)93)60-65-49-33-19-45(101-98-96-75)51(53(71)30(33)7-9-35(49)57-2)67-63-40-18-32-24(14-46(40)104(85,86)87)13-44(100-97-95-74)50(55(32)73)66-59-26-5-4-6-27(15-26)99(76,77)78/h4-22,57,70-75H,1-3H3,(H,58,69)(H2,76,77,78)(H,79,80,81)(H,82,83,84)(H,85,86,87)(H,88,89,90)(H,91,92,93). The third-order valence-electron chi connectivity index (χ3n) is 14.5. The molecule has 0 saturated carbocycles. The Bertz CT molecular complexity index is 6210. The van der Waals surface area contributed by atoms with Gasteiger partial charge < -0.3 is 45.6 Å². The molecule has 1 amide bonds. The number of rotatable bonds is 25. The van der Waals surface area contributed by atoms with Crippen LogP contribution in [0, 0.1) is 0 Å². The van der Waals surface area contributed by atoms with Gasteiger partial charge in [-0.1, -0.05) is 16.1 Å². The van der Waals surface area contributed by atoms with E-state index in [1.807, 2.05) is 0 Å². The van der Waals surface area contributed by atoms with Crippen LogP contribution in [0.3, 0.4) is 0 Å². The lowest BCUT2D eigenvalue weighted by Gasteiger charge is -2.14. The minimum absolute atomic E-state index is 0.0232. The third kappa shape index (κ3) is 16.8. The second kappa shape index (κ2) is 30.3. The summed E-state index contributed by atoms with van der Waals surface area (Å²) in [7, 11) is -29.1. The average molecular weight is 1620 g/mol. The third-order valence-corrected chi connectivity index (χ3v) is 21.1. The van der Waals surface area contributed by atoms with Crippen LogP contribution >= 0.6 is 31.7 Å². The van der Waals surface area contributed by atoms with Crippen LogP contribution in [0.4, 0.5) is 68.2 Å². The molecular weight excluding hydrogens is 1580 g/mol. The van der Waals surface area contributed by atoms with E-state index in [0.717, 1.165) is 86.8 Å². The second-order valence-corrected chi connectivity index (χ2v) is 31.2. The number of amides is 1. The van der Waals surface area contributed by atoms with E-state index < -0.39 is 173 Å². The molecule has 0 bridgehead atoms. The fraction of sp³-hybridized carbons (Fsp3) is 0.0536. The zero-order chi connectivity index (χ0) is 77.5. The van der Waals surface area contributed by atoms with E-state index in [9.17, 15) is 110 Å². The first-order chi connectivity index (χ1) is 49.6. The van der Waals surface area contributed by atoms with Crippen LogP contribution in [-0.2, 0) is 78.7 Å². The molecule has 0 aliphatic rings. The number of benzene rings is 10. The molecule has 10 rings (SSSR count). The van der Waals surface area contributed by atoms with E-state index in [2.05, 4.69) is 80.5 Å². The lowest BCUT2D eigenvalue weighted by Crippen LogP contribution is -2.06. The van der Waals surface area contributed by atoms with Gasteiger partial charge in [0.25, 0.3) is 50.6 Å². The molecule has 0 saturated heterocycles. The van der Waals surface area contributed by atoms with Gasteiger partial charge in [-0.25, -0.2) is 10.5 Å². The summed E-state index contributed by atoms with van der Waals surface area (Å²) >= 11 is 0.318. The molecule has 0 fully saturated rings. The first-order valence-electron chi connectivity index (χ1n) is 28.0. The number of carbonyl (C=O) groups excluding carboxylic acids is 1. The fourth-order valence-corrected chi connectivity index (χ4v) is 14.8. The molecule has 42 nitrogen and oxygen atoms in total. The molecule has 50 heteroatoms. The highest BCUT2D eigenvalue weighted by Crippen LogP contribution is 2.53. The maximum Gasteiger partial charge on any atom is 0.356 e. The van der Waals surface area contributed by atoms with Crippen molar-refractivity contribution in [2.75, 3.05) is 24.8 Å². The molecule has 0 aliphatic carbocycles. The van der Waals surface area contributed by atoms with Crippen molar-refractivity contribution in [1.29, 1.82) is 0 Å². The van der Waals surface area contributed by atoms with Crippen LogP contribution in [0.25, 0.3) is 43.1 Å². The van der Waals surface area contributed by atoms with Crippen molar-refractivity contribution in [3.8, 4) is 28.7 Å². The highest BCUT2D eigenvalue weighted by atomic mass is 32.2. The maximum atomic E-state index is 13.5. The minimum Gasteiger partial charge on any atom is -0.507 e. The topological polar surface area (TPSA) is 662 Å². The molecule has 15 N–H and O–H groups in total. The van der Waals surface area contributed by atoms with Gasteiger partial charge in [0.2, 0.25) is 5.91 Å². The predicted molar refractivity (Wildman–Crippen MR) is 369 cm³/mol. The molecule has 0 aromatic heterocycles. The molecule has 10 aromatic rings. The van der Waals surface area contributed by atoms with Crippen LogP contribution < -0.4 is 20.7 Å². The minimum atomic E-state index is -5.66. The predicted octanol–water partition coefficient (Wildman–Crippen LogP) is 13.1. The average Bonchev–Trinajstić information content (AvgIpc) is 0.749. The van der Waals surface area contributed by atoms with Crippen LogP contribution in [0.1, 0.15) is 6.92 Å². The Kier molecular flexibility index (Phi) is 22.3. The summed E-state index contributed by atoms with van der Waals surface area (Å²) in [5.41, 5.74) is -5.92. The van der Waals surface area contributed by atoms with Crippen LogP contribution in [-0.4, -0.2) is 126 Å². The quantitative estimate of drug-likeness (QED) is 0.00631. The summed E-state index contributed by atoms with van der Waals surface area (Å²) in [6, 6.07) is 18.0. The van der Waals surface area contributed by atoms with Crippen molar-refractivity contribution in [1.82, 2.24) is 0 Å². The Morgan fingerprint density at radius 1 is 0.472 bits per heavy atom. The van der Waals surface area contributed by atoms with Crippen molar-refractivity contribution in [3.05, 3.63) is 115 Å². The Balaban J connectivity index is 1.06. The van der Waals surface area contributed by atoms with E-state index in [4.69, 9.17) is 9.99 Å². The molecule has 554 valence electrons. The van der Waals surface area contributed by atoms with Crippen molar-refractivity contribution < 1.29 is 138 Å². The molecule has 0 aliphatic heterocycles. The van der Waals surface area contributed by atoms with Gasteiger partial charge in [-0.05, 0) is 108 Å². The number of ether oxygens (including phenoxy) is 1. The molecule has 0 spiro atoms. The van der Waals surface area contributed by atoms with Crippen LogP contribution in [0.2, 0.25) is 0 Å². The summed E-state index contributed by atoms with van der Waals surface area (Å²) in [5, 5.41) is 113. The number of hydrogen-bond acceptors (Lipinski definition) is 36. The number of hydrogen-bond donors (Lipinski definition) is 15. The largest absolute Gasteiger partial charge is 0.507 e. The number of phenolic OH excluding ortho intramolecular Hbond substituents is 4. The monoisotopic (exact) mass is 1620 g/mol. The smallest absolute Gasteiger partial charge is 0.356 e. The summed E-state index contributed by atoms with van der Waals surface area (Å²) in [5.74, 6) is -4.95. The first kappa shape index (κ1) is 78.3. The molecule has 0 unspecified atom stereocenters. The lowest BCUT2D eigenvalue weighted by atomic mass is 10.1. The van der Waals surface area contributed by atoms with Gasteiger partial charge in [-0.15, -0.1) is 54.7 Å². The highest BCUT2D eigenvalue weighted by Gasteiger charge is 2.31. The van der Waals surface area contributed by atoms with E-state index in [-0.39, 0.29) is 95.0 Å². The Labute approximate surface area is 600 Å². The lowest BCUT2D eigenvalue weighted by molar-refractivity contribution is -0.432. The number of azo groups is 5. The van der Waals surface area contributed by atoms with Gasteiger partial charge in [-0.2, -0.15) is 47.2 Å². The van der Waals surface area contributed by atoms with E-state index in [1.165, 1.54) is 31.3 Å². The van der Waals surface area contributed by atoms with Gasteiger partial charge in [0.15, 0.2) is 17.2 Å². The Morgan fingerprint density at radius 3 is 1.61 bits per heavy atom. The zero-order valence-corrected chi connectivity index (χ0v) is 59.1. The molecule has 0 heterocycles. The van der Waals surface area contributed by atoms with E-state index in [0.29, 0.717) is 18.2 Å². The molecular formula is C56H43N12O30PS7. The van der Waals surface area contributed by atoms with E-state index >= 15 is 0 Å². The van der Waals surface area contributed by atoms with Crippen molar-refractivity contribution in [3.63, 3.8) is 0 Å². The number of fused-ring (bicyclic) bond motifs is 4. The van der Waals surface area contributed by atoms with Crippen LogP contribution in [0.15, 0.2) is 201 Å². The van der Waals surface area contributed by atoms with Gasteiger partial charge in [0.05, 0.1) is 84.2 Å². The molecule has 106 heavy (non-hydrogen) atoms. The first-order valence-corrected chi connectivity index (χ1v) is 38.3. The number of nitrogens with one attached hydrogen (secondary N) is 2. The van der Waals surface area contributed by atoms with Crippen LogP contribution in [0.5, 0.6) is 28.7 Å². The Morgan fingerprint density at radius 2 is 1.02 bits per heavy atom. The van der Waals surface area contributed by atoms with E-state index in [1.54, 1.807) is 0 Å². The number of methoxy groups -OCH3 is 1. The fourth-order valence-electron chi connectivity index (χ4n) is 10.0. The number of carbonyl (C=O) groups is 1. The summed E-state index contributed by atoms with van der Waals surface area (Å²) < 4.78 is 206. The summed E-state index contributed by atoms with van der Waals surface area (Å²) in [4.78, 5) is 25.8. The van der Waals surface area contributed by atoms with Crippen molar-refractivity contribution >= 4 is 205 Å². The van der Waals surface area contributed by atoms with Gasteiger partial charge in [0, 0.05) is 53.0 Å². The van der Waals surface area contributed by atoms with Gasteiger partial charge >= 0.3 is 7.60 Å². The van der Waals surface area contributed by atoms with Gasteiger partial charge in [-0.3, -0.25) is 32.1 Å². The highest BCUT2D eigenvalue weighted by molar-refractivity contribution is 7.95. The van der Waals surface area contributed by atoms with Gasteiger partial charge in [0.1, 0.15) is 71.7 Å². The number of aromatic hydroxyl groups is 4. The molecule has 0 atom stereocenters. The zero-order valence-electron chi connectivity index (χ0n) is 52.5. The molecule has 0 radical (unpaired) electrons. The number of phenols is 4. The SMILES string of the molecule is CNc1ccc2c(O)c(N=Nc3cc4c(O)c(N=Nc5cccc(P(=O)(O)O)c5)c(SOOO)cc4cc3S(=O)(=O)O)c(SOOO)cc2c1N=Nc1ccc2c(O)c(N=Nc3cc(NC(C)=O)c(N=Nc4cc(S(=O)(=O)O)cc5cc(S(=O)(=O)O)cc(O)c45)cc3OC)c(S(=O)(=O)O)cc2c1S(=O)(=O)O. The Hall–Kier alpha value is -10.3. The number of anilines is 2. The molecule has 10 aromatic carbocycles. The summed E-state index contributed by atoms with van der Waals surface area (Å²) in [6.07, 6.45) is 0.